The molecule has 5 heteroatoms. The summed E-state index contributed by atoms with van der Waals surface area (Å²) in [5, 5.41) is 12.3. The second-order valence-corrected chi connectivity index (χ2v) is 4.17. The molecule has 105 valence electrons. The molecule has 0 bridgehead atoms. The highest BCUT2D eigenvalue weighted by Gasteiger charge is 2.11. The second kappa shape index (κ2) is 7.15. The molecule has 0 N–H and O–H groups in total. The monoisotopic (exact) mass is 285 g/mol. The van der Waals surface area contributed by atoms with Crippen molar-refractivity contribution < 1.29 is 13.6 Å². The minimum absolute atomic E-state index is 0.0518. The van der Waals surface area contributed by atoms with Gasteiger partial charge in [0.25, 0.3) is 6.43 Å². The molecule has 2 aromatic rings. The number of halogens is 2. The Kier molecular flexibility index (Phi) is 4.99. The van der Waals surface area contributed by atoms with E-state index in [9.17, 15) is 8.78 Å². The number of benzene rings is 2. The Bertz CT molecular complexity index is 661. The van der Waals surface area contributed by atoms with E-state index in [2.05, 4.69) is 11.4 Å². The van der Waals surface area contributed by atoms with Crippen molar-refractivity contribution in [3.8, 4) is 6.07 Å². The fourth-order valence-electron chi connectivity index (χ4n) is 1.68. The Labute approximate surface area is 121 Å². The summed E-state index contributed by atoms with van der Waals surface area (Å²) >= 11 is 0. The third-order valence-electron chi connectivity index (χ3n) is 2.76. The zero-order valence-electron chi connectivity index (χ0n) is 11.0. The van der Waals surface area contributed by atoms with Gasteiger partial charge in [-0.3, -0.25) is 0 Å². The third kappa shape index (κ3) is 4.11. The average molecular weight is 285 g/mol. The first-order valence-electron chi connectivity index (χ1n) is 6.15. The first kappa shape index (κ1) is 14.7. The molecule has 0 saturated carbocycles. The van der Waals surface area contributed by atoms with E-state index in [0.717, 1.165) is 0 Å². The minimum atomic E-state index is -2.55. The van der Waals surface area contributed by atoms with E-state index in [1.54, 1.807) is 42.5 Å². The number of nitriles is 1. The van der Waals surface area contributed by atoms with Crippen molar-refractivity contribution in [1.29, 1.82) is 5.26 Å². The van der Waals surface area contributed by atoms with Gasteiger partial charge in [0.05, 0.1) is 11.6 Å². The standard InChI is InChI=1S/C16H11F2N2O/c17-16(18)15-4-2-1-3-14(15)11-21-20-10-13-7-5-12(9-19)6-8-13/h1-8,16H,11H2. The van der Waals surface area contributed by atoms with Gasteiger partial charge in [-0.1, -0.05) is 41.6 Å². The van der Waals surface area contributed by atoms with Crippen LogP contribution in [0.1, 0.15) is 28.7 Å². The second-order valence-electron chi connectivity index (χ2n) is 4.17. The summed E-state index contributed by atoms with van der Waals surface area (Å²) in [6.45, 7) is -0.0518. The lowest BCUT2D eigenvalue weighted by atomic mass is 10.1. The molecule has 0 fully saturated rings. The summed E-state index contributed by atoms with van der Waals surface area (Å²) in [7, 11) is 0. The van der Waals surface area contributed by atoms with Crippen molar-refractivity contribution in [2.24, 2.45) is 5.16 Å². The Hall–Kier alpha value is -2.74. The molecular formula is C16H11F2N2O. The smallest absolute Gasteiger partial charge is 0.264 e. The molecule has 3 nitrogen and oxygen atoms in total. The van der Waals surface area contributed by atoms with E-state index in [1.807, 2.05) is 6.07 Å². The molecular weight excluding hydrogens is 274 g/mol. The molecule has 0 spiro atoms. The molecule has 2 aromatic carbocycles. The molecule has 0 aliphatic rings. The van der Waals surface area contributed by atoms with Gasteiger partial charge in [-0.25, -0.2) is 8.78 Å². The summed E-state index contributed by atoms with van der Waals surface area (Å²) in [4.78, 5) is 4.99. The van der Waals surface area contributed by atoms with Crippen LogP contribution in [0.3, 0.4) is 0 Å². The van der Waals surface area contributed by atoms with Gasteiger partial charge in [0.15, 0.2) is 0 Å². The fraction of sp³-hybridized carbons (Fsp3) is 0.125. The molecule has 0 aromatic heterocycles. The van der Waals surface area contributed by atoms with Gasteiger partial charge in [0, 0.05) is 16.7 Å². The summed E-state index contributed by atoms with van der Waals surface area (Å²) in [5.74, 6) is 0. The fourth-order valence-corrected chi connectivity index (χ4v) is 1.68. The van der Waals surface area contributed by atoms with Crippen molar-refractivity contribution in [1.82, 2.24) is 0 Å². The molecule has 1 radical (unpaired) electrons. The molecule has 0 aliphatic carbocycles. The highest BCUT2D eigenvalue weighted by molar-refractivity contribution is 5.79. The predicted molar refractivity (Wildman–Crippen MR) is 73.9 cm³/mol. The van der Waals surface area contributed by atoms with E-state index in [1.165, 1.54) is 6.07 Å². The van der Waals surface area contributed by atoms with Crippen LogP contribution in [0.25, 0.3) is 0 Å². The van der Waals surface area contributed by atoms with Crippen LogP contribution in [0.5, 0.6) is 0 Å². The van der Waals surface area contributed by atoms with Crippen LogP contribution in [0, 0.1) is 11.3 Å². The van der Waals surface area contributed by atoms with E-state index in [0.29, 0.717) is 16.7 Å². The van der Waals surface area contributed by atoms with Crippen molar-refractivity contribution in [3.63, 3.8) is 0 Å². The summed E-state index contributed by atoms with van der Waals surface area (Å²) in [6, 6.07) is 14.7. The van der Waals surface area contributed by atoms with Crippen molar-refractivity contribution in [2.45, 2.75) is 13.0 Å². The molecule has 2 rings (SSSR count). The maximum atomic E-state index is 12.7. The van der Waals surface area contributed by atoms with Crippen LogP contribution >= 0.6 is 0 Å². The lowest BCUT2D eigenvalue weighted by molar-refractivity contribution is 0.120. The van der Waals surface area contributed by atoms with Gasteiger partial charge in [-0.2, -0.15) is 5.26 Å². The Morgan fingerprint density at radius 2 is 1.71 bits per heavy atom. The molecule has 0 unspecified atom stereocenters. The Morgan fingerprint density at radius 1 is 1.05 bits per heavy atom. The van der Waals surface area contributed by atoms with Gasteiger partial charge < -0.3 is 4.84 Å². The first-order chi connectivity index (χ1) is 10.2. The van der Waals surface area contributed by atoms with Crippen LogP contribution < -0.4 is 0 Å². The zero-order valence-corrected chi connectivity index (χ0v) is 11.0. The van der Waals surface area contributed by atoms with Crippen LogP contribution in [0.15, 0.2) is 53.7 Å². The minimum Gasteiger partial charge on any atom is -0.390 e. The molecule has 0 amide bonds. The zero-order chi connectivity index (χ0) is 15.1. The van der Waals surface area contributed by atoms with Gasteiger partial charge in [-0.15, -0.1) is 0 Å². The van der Waals surface area contributed by atoms with Crippen LogP contribution in [-0.2, 0) is 11.4 Å². The van der Waals surface area contributed by atoms with Gasteiger partial charge in [-0.05, 0) is 12.1 Å². The van der Waals surface area contributed by atoms with E-state index in [-0.39, 0.29) is 12.2 Å². The topological polar surface area (TPSA) is 45.4 Å². The quantitative estimate of drug-likeness (QED) is 0.617. The predicted octanol–water partition coefficient (Wildman–Crippen LogP) is 3.92. The molecule has 0 aliphatic heterocycles. The van der Waals surface area contributed by atoms with Crippen molar-refractivity contribution in [3.05, 3.63) is 70.8 Å². The molecule has 21 heavy (non-hydrogen) atoms. The lowest BCUT2D eigenvalue weighted by Gasteiger charge is -2.06. The highest BCUT2D eigenvalue weighted by Crippen LogP contribution is 2.23. The maximum absolute atomic E-state index is 12.7. The SMILES string of the molecule is N#Cc1ccc(/[C]=N\OCc2ccccc2C(F)F)cc1. The number of alkyl halides is 2. The van der Waals surface area contributed by atoms with Gasteiger partial charge in [0.1, 0.15) is 12.8 Å². The highest BCUT2D eigenvalue weighted by atomic mass is 19.3. The third-order valence-corrected chi connectivity index (χ3v) is 2.76. The number of nitrogens with zero attached hydrogens (tertiary/aromatic N) is 2. The van der Waals surface area contributed by atoms with Crippen molar-refractivity contribution in [2.75, 3.05) is 0 Å². The van der Waals surface area contributed by atoms with E-state index in [4.69, 9.17) is 10.1 Å². The maximum Gasteiger partial charge on any atom is 0.264 e. The number of hydrogen-bond acceptors (Lipinski definition) is 3. The van der Waals surface area contributed by atoms with Gasteiger partial charge >= 0.3 is 0 Å². The number of rotatable bonds is 5. The largest absolute Gasteiger partial charge is 0.390 e. The normalized spacial score (nSPS) is 10.8. The first-order valence-corrected chi connectivity index (χ1v) is 6.15. The number of hydrogen-bond donors (Lipinski definition) is 0. The molecule has 0 saturated heterocycles. The molecule has 0 atom stereocenters. The van der Waals surface area contributed by atoms with Crippen LogP contribution in [0.4, 0.5) is 8.78 Å². The van der Waals surface area contributed by atoms with Crippen LogP contribution in [-0.4, -0.2) is 6.21 Å². The summed E-state index contributed by atoms with van der Waals surface area (Å²) < 4.78 is 25.5. The van der Waals surface area contributed by atoms with Crippen molar-refractivity contribution >= 4 is 6.21 Å². The Balaban J connectivity index is 1.95. The summed E-state index contributed by atoms with van der Waals surface area (Å²) in [5.41, 5.74) is 1.49. The average Bonchev–Trinajstić information content (AvgIpc) is 2.52. The van der Waals surface area contributed by atoms with Gasteiger partial charge in [0.2, 0.25) is 0 Å². The van der Waals surface area contributed by atoms with E-state index < -0.39 is 6.43 Å². The van der Waals surface area contributed by atoms with E-state index >= 15 is 0 Å². The van der Waals surface area contributed by atoms with Crippen LogP contribution in [0.2, 0.25) is 0 Å². The Morgan fingerprint density at radius 3 is 2.38 bits per heavy atom. The summed E-state index contributed by atoms with van der Waals surface area (Å²) in [6.07, 6.45) is 0.0757. The molecule has 0 heterocycles. The lowest BCUT2D eigenvalue weighted by Crippen LogP contribution is -1.95.